The molecule has 1 saturated heterocycles. The second-order valence-electron chi connectivity index (χ2n) is 3.67. The Bertz CT molecular complexity index is 320. The summed E-state index contributed by atoms with van der Waals surface area (Å²) in [5.41, 5.74) is 0. The van der Waals surface area contributed by atoms with E-state index < -0.39 is 36.9 Å². The first kappa shape index (κ1) is 13.6. The number of aliphatic hydroxyl groups excluding tert-OH is 1. The van der Waals surface area contributed by atoms with Crippen molar-refractivity contribution in [3.05, 3.63) is 0 Å². The molecule has 0 aliphatic carbocycles. The highest BCUT2D eigenvalue weighted by molar-refractivity contribution is 5.83. The number of aliphatic carboxylic acids is 1. The fourth-order valence-corrected chi connectivity index (χ4v) is 1.55. The highest BCUT2D eigenvalue weighted by Crippen LogP contribution is 2.19. The van der Waals surface area contributed by atoms with E-state index in [0.717, 1.165) is 0 Å². The number of halogens is 3. The second-order valence-corrected chi connectivity index (χ2v) is 3.67. The van der Waals surface area contributed by atoms with E-state index in [4.69, 9.17) is 5.11 Å². The van der Waals surface area contributed by atoms with Crippen molar-refractivity contribution in [3.8, 4) is 0 Å². The van der Waals surface area contributed by atoms with Crippen LogP contribution in [0.2, 0.25) is 0 Å². The van der Waals surface area contributed by atoms with Crippen LogP contribution in [0.5, 0.6) is 0 Å². The van der Waals surface area contributed by atoms with Crippen LogP contribution in [0, 0.1) is 0 Å². The van der Waals surface area contributed by atoms with Gasteiger partial charge < -0.3 is 20.4 Å². The first-order chi connectivity index (χ1) is 7.70. The summed E-state index contributed by atoms with van der Waals surface area (Å²) in [5, 5.41) is 19.5. The predicted octanol–water partition coefficient (Wildman–Crippen LogP) is -0.222. The van der Waals surface area contributed by atoms with Gasteiger partial charge in [0.2, 0.25) is 0 Å². The average Bonchev–Trinajstić information content (AvgIpc) is 2.55. The monoisotopic (exact) mass is 256 g/mol. The number of aliphatic hydroxyl groups is 1. The Balaban J connectivity index is 2.59. The summed E-state index contributed by atoms with van der Waals surface area (Å²) in [5.74, 6) is -1.36. The molecule has 0 unspecified atom stereocenters. The summed E-state index contributed by atoms with van der Waals surface area (Å²) >= 11 is 0. The first-order valence-corrected chi connectivity index (χ1v) is 4.73. The van der Waals surface area contributed by atoms with Crippen LogP contribution >= 0.6 is 0 Å². The van der Waals surface area contributed by atoms with Crippen molar-refractivity contribution in [1.29, 1.82) is 0 Å². The topological polar surface area (TPSA) is 89.9 Å². The van der Waals surface area contributed by atoms with Gasteiger partial charge in [-0.2, -0.15) is 13.2 Å². The third kappa shape index (κ3) is 3.77. The van der Waals surface area contributed by atoms with Gasteiger partial charge in [0, 0.05) is 13.0 Å². The number of hydrogen-bond donors (Lipinski definition) is 3. The number of carbonyl (C=O) groups excluding carboxylic acids is 1. The molecular weight excluding hydrogens is 245 g/mol. The molecule has 1 heterocycles. The number of carboxylic acid groups (broad SMARTS) is 1. The van der Waals surface area contributed by atoms with Crippen LogP contribution < -0.4 is 5.32 Å². The van der Waals surface area contributed by atoms with Crippen LogP contribution in [0.1, 0.15) is 6.42 Å². The van der Waals surface area contributed by atoms with Gasteiger partial charge in [0.25, 0.3) is 0 Å². The molecule has 6 nitrogen and oxygen atoms in total. The molecule has 0 bridgehead atoms. The molecule has 17 heavy (non-hydrogen) atoms. The van der Waals surface area contributed by atoms with Gasteiger partial charge >= 0.3 is 18.2 Å². The molecule has 3 N–H and O–H groups in total. The van der Waals surface area contributed by atoms with Crippen molar-refractivity contribution >= 4 is 12.0 Å². The minimum absolute atomic E-state index is 0.186. The van der Waals surface area contributed by atoms with Gasteiger partial charge in [-0.25, -0.2) is 9.59 Å². The zero-order chi connectivity index (χ0) is 13.2. The van der Waals surface area contributed by atoms with E-state index in [1.807, 2.05) is 0 Å². The SMILES string of the molecule is O=C(O)[C@H]1C[C@@H](O)CN1C(=O)NCC(F)(F)F. The maximum absolute atomic E-state index is 11.8. The third-order valence-corrected chi connectivity index (χ3v) is 2.26. The van der Waals surface area contributed by atoms with E-state index in [0.29, 0.717) is 4.90 Å². The molecular formula is C8H11F3N2O4. The van der Waals surface area contributed by atoms with Crippen LogP contribution in [-0.4, -0.2) is 58.5 Å². The van der Waals surface area contributed by atoms with Crippen molar-refractivity contribution in [2.75, 3.05) is 13.1 Å². The number of rotatable bonds is 2. The van der Waals surface area contributed by atoms with Crippen molar-refractivity contribution in [3.63, 3.8) is 0 Å². The Kier molecular flexibility index (Phi) is 3.81. The number of likely N-dealkylation sites (tertiary alicyclic amines) is 1. The summed E-state index contributed by atoms with van der Waals surface area (Å²) in [6, 6.07) is -2.44. The lowest BCUT2D eigenvalue weighted by Gasteiger charge is -2.21. The van der Waals surface area contributed by atoms with Crippen molar-refractivity contribution < 1.29 is 33.0 Å². The summed E-state index contributed by atoms with van der Waals surface area (Å²) in [7, 11) is 0. The number of amides is 2. The summed E-state index contributed by atoms with van der Waals surface area (Å²) < 4.78 is 35.5. The normalized spacial score (nSPS) is 24.8. The van der Waals surface area contributed by atoms with Crippen LogP contribution in [0.25, 0.3) is 0 Å². The van der Waals surface area contributed by atoms with E-state index in [9.17, 15) is 27.9 Å². The van der Waals surface area contributed by atoms with E-state index in [2.05, 4.69) is 0 Å². The summed E-state index contributed by atoms with van der Waals surface area (Å²) in [6.45, 7) is -1.83. The summed E-state index contributed by atoms with van der Waals surface area (Å²) in [4.78, 5) is 22.7. The zero-order valence-electron chi connectivity index (χ0n) is 8.57. The number of urea groups is 1. The van der Waals surface area contributed by atoms with Crippen LogP contribution in [0.15, 0.2) is 0 Å². The van der Waals surface area contributed by atoms with Crippen LogP contribution in [-0.2, 0) is 4.79 Å². The number of β-amino-alcohol motifs (C(OH)–C–C–N with tert-alkyl or cyclic N) is 1. The first-order valence-electron chi connectivity index (χ1n) is 4.73. The molecule has 0 saturated carbocycles. The third-order valence-electron chi connectivity index (χ3n) is 2.26. The average molecular weight is 256 g/mol. The molecule has 0 aromatic heterocycles. The van der Waals surface area contributed by atoms with Gasteiger partial charge in [-0.05, 0) is 0 Å². The largest absolute Gasteiger partial charge is 0.480 e. The molecule has 0 aromatic carbocycles. The Morgan fingerprint density at radius 2 is 2.00 bits per heavy atom. The molecule has 1 rings (SSSR count). The molecule has 0 spiro atoms. The standard InChI is InChI=1S/C8H11F3N2O4/c9-8(10,11)3-12-7(17)13-2-4(14)1-5(13)6(15)16/h4-5,14H,1-3H2,(H,12,17)(H,15,16)/t4-,5-/m1/s1. The summed E-state index contributed by atoms with van der Waals surface area (Å²) in [6.07, 6.45) is -5.78. The Morgan fingerprint density at radius 1 is 1.41 bits per heavy atom. The molecule has 2 atom stereocenters. The van der Waals surface area contributed by atoms with E-state index >= 15 is 0 Å². The number of nitrogens with one attached hydrogen (secondary N) is 1. The molecule has 1 aliphatic rings. The predicted molar refractivity (Wildman–Crippen MR) is 48.2 cm³/mol. The fourth-order valence-electron chi connectivity index (χ4n) is 1.55. The van der Waals surface area contributed by atoms with Crippen molar-refractivity contribution in [2.45, 2.75) is 24.7 Å². The molecule has 1 aliphatic heterocycles. The second kappa shape index (κ2) is 4.78. The Labute approximate surface area is 94.0 Å². The Hall–Kier alpha value is -1.51. The molecule has 1 fully saturated rings. The maximum atomic E-state index is 11.8. The molecule has 9 heteroatoms. The fraction of sp³-hybridized carbons (Fsp3) is 0.750. The lowest BCUT2D eigenvalue weighted by atomic mass is 10.2. The number of alkyl halides is 3. The van der Waals surface area contributed by atoms with Gasteiger partial charge in [0.05, 0.1) is 6.10 Å². The number of hydrogen-bond acceptors (Lipinski definition) is 3. The minimum atomic E-state index is -4.56. The molecule has 0 aromatic rings. The van der Waals surface area contributed by atoms with Gasteiger partial charge in [-0.3, -0.25) is 0 Å². The Morgan fingerprint density at radius 3 is 2.47 bits per heavy atom. The molecule has 0 radical (unpaired) electrons. The van der Waals surface area contributed by atoms with Crippen molar-refractivity contribution in [1.82, 2.24) is 10.2 Å². The van der Waals surface area contributed by atoms with Gasteiger partial charge in [0.1, 0.15) is 12.6 Å². The van der Waals surface area contributed by atoms with E-state index in [1.54, 1.807) is 5.32 Å². The quantitative estimate of drug-likeness (QED) is 0.637. The van der Waals surface area contributed by atoms with Crippen LogP contribution in [0.3, 0.4) is 0 Å². The number of carbonyl (C=O) groups is 2. The molecule has 98 valence electrons. The highest BCUT2D eigenvalue weighted by Gasteiger charge is 2.40. The van der Waals surface area contributed by atoms with Crippen molar-refractivity contribution in [2.24, 2.45) is 0 Å². The van der Waals surface area contributed by atoms with Crippen LogP contribution in [0.4, 0.5) is 18.0 Å². The van der Waals surface area contributed by atoms with E-state index in [1.165, 1.54) is 0 Å². The number of nitrogens with zero attached hydrogens (tertiary/aromatic N) is 1. The zero-order valence-corrected chi connectivity index (χ0v) is 8.57. The minimum Gasteiger partial charge on any atom is -0.480 e. The van der Waals surface area contributed by atoms with Gasteiger partial charge in [-0.15, -0.1) is 0 Å². The highest BCUT2D eigenvalue weighted by atomic mass is 19.4. The number of carboxylic acids is 1. The molecule has 2 amide bonds. The van der Waals surface area contributed by atoms with Gasteiger partial charge in [-0.1, -0.05) is 0 Å². The van der Waals surface area contributed by atoms with Gasteiger partial charge in [0.15, 0.2) is 0 Å². The van der Waals surface area contributed by atoms with E-state index in [-0.39, 0.29) is 13.0 Å². The smallest absolute Gasteiger partial charge is 0.405 e. The lowest BCUT2D eigenvalue weighted by molar-refractivity contribution is -0.141. The lowest BCUT2D eigenvalue weighted by Crippen LogP contribution is -2.48. The maximum Gasteiger partial charge on any atom is 0.405 e.